The lowest BCUT2D eigenvalue weighted by atomic mass is 10.1. The molecule has 88 valence electrons. The van der Waals surface area contributed by atoms with E-state index in [1.807, 2.05) is 0 Å². The van der Waals surface area contributed by atoms with Gasteiger partial charge in [-0.1, -0.05) is 6.07 Å². The number of ether oxygens (including phenoxy) is 1. The van der Waals surface area contributed by atoms with Gasteiger partial charge in [0, 0.05) is 0 Å². The molecule has 2 aromatic rings. The molecule has 0 bridgehead atoms. The summed E-state index contributed by atoms with van der Waals surface area (Å²) in [7, 11) is 1.33. The first-order valence-corrected chi connectivity index (χ1v) is 5.14. The molecule has 3 nitrogen and oxygen atoms in total. The number of ketones is 1. The van der Waals surface area contributed by atoms with E-state index in [1.165, 1.54) is 37.4 Å². The molecule has 0 fully saturated rings. The van der Waals surface area contributed by atoms with Crippen LogP contribution in [0.5, 0.6) is 5.75 Å². The molecule has 0 unspecified atom stereocenters. The number of halogens is 2. The molecule has 0 saturated heterocycles. The molecule has 0 spiro atoms. The lowest BCUT2D eigenvalue weighted by Crippen LogP contribution is -2.04. The van der Waals surface area contributed by atoms with E-state index in [0.717, 1.165) is 0 Å². The molecular formula is C12H8ClFO3. The van der Waals surface area contributed by atoms with Gasteiger partial charge in [-0.3, -0.25) is 4.79 Å². The quantitative estimate of drug-likeness (QED) is 0.789. The Bertz CT molecular complexity index is 563. The molecular weight excluding hydrogens is 247 g/mol. The van der Waals surface area contributed by atoms with Gasteiger partial charge in [-0.2, -0.15) is 0 Å². The number of methoxy groups -OCH3 is 1. The van der Waals surface area contributed by atoms with E-state index in [2.05, 4.69) is 0 Å². The van der Waals surface area contributed by atoms with E-state index in [0.29, 0.717) is 0 Å². The summed E-state index contributed by atoms with van der Waals surface area (Å²) in [5.74, 6) is -1.29. The minimum Gasteiger partial charge on any atom is -0.494 e. The fourth-order valence-electron chi connectivity index (χ4n) is 1.41. The summed E-state index contributed by atoms with van der Waals surface area (Å²) in [5, 5.41) is 0.0802. The molecule has 1 aromatic heterocycles. The van der Waals surface area contributed by atoms with Crippen molar-refractivity contribution in [3.63, 3.8) is 0 Å². The van der Waals surface area contributed by atoms with Crippen LogP contribution in [-0.4, -0.2) is 12.9 Å². The van der Waals surface area contributed by atoms with Crippen molar-refractivity contribution in [3.05, 3.63) is 52.7 Å². The zero-order valence-electron chi connectivity index (χ0n) is 8.87. The number of carbonyl (C=O) groups is 1. The molecule has 0 atom stereocenters. The van der Waals surface area contributed by atoms with Crippen LogP contribution in [0.25, 0.3) is 0 Å². The molecule has 0 N–H and O–H groups in total. The third kappa shape index (κ3) is 2.17. The van der Waals surface area contributed by atoms with Crippen LogP contribution in [0, 0.1) is 5.82 Å². The molecule has 0 aliphatic heterocycles. The summed E-state index contributed by atoms with van der Waals surface area (Å²) in [6.07, 6.45) is 0. The van der Waals surface area contributed by atoms with Gasteiger partial charge in [0.2, 0.25) is 5.78 Å². The number of carbonyl (C=O) groups excluding carboxylic acids is 1. The van der Waals surface area contributed by atoms with E-state index < -0.39 is 11.6 Å². The summed E-state index contributed by atoms with van der Waals surface area (Å²) in [4.78, 5) is 11.9. The predicted molar refractivity (Wildman–Crippen MR) is 60.1 cm³/mol. The van der Waals surface area contributed by atoms with Crippen molar-refractivity contribution >= 4 is 17.4 Å². The first kappa shape index (κ1) is 11.7. The first-order valence-electron chi connectivity index (χ1n) is 4.76. The summed E-state index contributed by atoms with van der Waals surface area (Å²) in [5.41, 5.74) is -0.115. The molecule has 2 rings (SSSR count). The van der Waals surface area contributed by atoms with Crippen LogP contribution in [0.15, 0.2) is 34.7 Å². The second-order valence-corrected chi connectivity index (χ2v) is 3.63. The normalized spacial score (nSPS) is 10.3. The molecule has 17 heavy (non-hydrogen) atoms. The SMILES string of the molecule is COc1cccc(C(=O)c2ccc(Cl)o2)c1F. The van der Waals surface area contributed by atoms with Crippen molar-refractivity contribution in [1.82, 2.24) is 0 Å². The Morgan fingerprint density at radius 1 is 1.35 bits per heavy atom. The molecule has 1 heterocycles. The topological polar surface area (TPSA) is 39.4 Å². The van der Waals surface area contributed by atoms with E-state index >= 15 is 0 Å². The number of benzene rings is 1. The van der Waals surface area contributed by atoms with Gasteiger partial charge in [0.15, 0.2) is 22.5 Å². The average molecular weight is 255 g/mol. The summed E-state index contributed by atoms with van der Waals surface area (Å²) < 4.78 is 23.5. The van der Waals surface area contributed by atoms with E-state index in [4.69, 9.17) is 20.8 Å². The van der Waals surface area contributed by atoms with Gasteiger partial charge in [0.05, 0.1) is 12.7 Å². The summed E-state index contributed by atoms with van der Waals surface area (Å²) >= 11 is 5.55. The average Bonchev–Trinajstić information content (AvgIpc) is 2.75. The Morgan fingerprint density at radius 2 is 2.12 bits per heavy atom. The lowest BCUT2D eigenvalue weighted by Gasteiger charge is -2.04. The highest BCUT2D eigenvalue weighted by Gasteiger charge is 2.19. The van der Waals surface area contributed by atoms with Crippen molar-refractivity contribution in [3.8, 4) is 5.75 Å². The summed E-state index contributed by atoms with van der Waals surface area (Å²) in [6, 6.07) is 7.13. The van der Waals surface area contributed by atoms with Crippen LogP contribution in [0.1, 0.15) is 16.1 Å². The predicted octanol–water partition coefficient (Wildman–Crippen LogP) is 3.31. The molecule has 0 aliphatic rings. The zero-order valence-corrected chi connectivity index (χ0v) is 9.62. The number of rotatable bonds is 3. The number of furan rings is 1. The smallest absolute Gasteiger partial charge is 0.231 e. The fraction of sp³-hybridized carbons (Fsp3) is 0.0833. The van der Waals surface area contributed by atoms with E-state index in [1.54, 1.807) is 0 Å². The zero-order chi connectivity index (χ0) is 12.4. The van der Waals surface area contributed by atoms with Gasteiger partial charge in [0.1, 0.15) is 0 Å². The maximum absolute atomic E-state index is 13.8. The van der Waals surface area contributed by atoms with Gasteiger partial charge in [-0.25, -0.2) is 4.39 Å². The van der Waals surface area contributed by atoms with Crippen molar-refractivity contribution in [2.75, 3.05) is 7.11 Å². The Kier molecular flexibility index (Phi) is 3.15. The van der Waals surface area contributed by atoms with Gasteiger partial charge < -0.3 is 9.15 Å². The highest BCUT2D eigenvalue weighted by atomic mass is 35.5. The monoisotopic (exact) mass is 254 g/mol. The standard InChI is InChI=1S/C12H8ClFO3/c1-16-8-4-2-3-7(11(8)14)12(15)9-5-6-10(13)17-9/h2-6H,1H3. The third-order valence-electron chi connectivity index (χ3n) is 2.22. The maximum Gasteiger partial charge on any atom is 0.231 e. The fourth-order valence-corrected chi connectivity index (χ4v) is 1.56. The van der Waals surface area contributed by atoms with Crippen molar-refractivity contribution in [2.24, 2.45) is 0 Å². The molecule has 0 saturated carbocycles. The van der Waals surface area contributed by atoms with Crippen LogP contribution in [0.3, 0.4) is 0 Å². The Balaban J connectivity index is 2.44. The Labute approximate surface area is 102 Å². The number of hydrogen-bond donors (Lipinski definition) is 0. The number of hydrogen-bond acceptors (Lipinski definition) is 3. The second-order valence-electron chi connectivity index (χ2n) is 3.25. The minimum atomic E-state index is -0.715. The largest absolute Gasteiger partial charge is 0.494 e. The molecule has 0 radical (unpaired) electrons. The highest BCUT2D eigenvalue weighted by Crippen LogP contribution is 2.23. The molecule has 0 aliphatic carbocycles. The maximum atomic E-state index is 13.8. The Hall–Kier alpha value is -1.81. The van der Waals surface area contributed by atoms with Crippen LogP contribution < -0.4 is 4.74 Å². The lowest BCUT2D eigenvalue weighted by molar-refractivity contribution is 0.100. The minimum absolute atomic E-state index is 0.00787. The van der Waals surface area contributed by atoms with E-state index in [-0.39, 0.29) is 22.3 Å². The summed E-state index contributed by atoms with van der Waals surface area (Å²) in [6.45, 7) is 0. The van der Waals surface area contributed by atoms with Crippen molar-refractivity contribution < 1.29 is 18.3 Å². The van der Waals surface area contributed by atoms with Crippen LogP contribution in [0.4, 0.5) is 4.39 Å². The van der Waals surface area contributed by atoms with Gasteiger partial charge in [-0.15, -0.1) is 0 Å². The third-order valence-corrected chi connectivity index (χ3v) is 2.43. The van der Waals surface area contributed by atoms with Gasteiger partial charge in [-0.05, 0) is 35.9 Å². The molecule has 1 aromatic carbocycles. The van der Waals surface area contributed by atoms with Crippen molar-refractivity contribution in [1.29, 1.82) is 0 Å². The first-order chi connectivity index (χ1) is 8.13. The van der Waals surface area contributed by atoms with Crippen LogP contribution in [-0.2, 0) is 0 Å². The van der Waals surface area contributed by atoms with E-state index in [9.17, 15) is 9.18 Å². The van der Waals surface area contributed by atoms with Crippen LogP contribution in [0.2, 0.25) is 5.22 Å². The van der Waals surface area contributed by atoms with Gasteiger partial charge >= 0.3 is 0 Å². The van der Waals surface area contributed by atoms with Crippen LogP contribution >= 0.6 is 11.6 Å². The van der Waals surface area contributed by atoms with Crippen molar-refractivity contribution in [2.45, 2.75) is 0 Å². The second kappa shape index (κ2) is 4.59. The molecule has 5 heteroatoms. The molecule has 0 amide bonds. The highest BCUT2D eigenvalue weighted by molar-refractivity contribution is 6.29. The van der Waals surface area contributed by atoms with Gasteiger partial charge in [0.25, 0.3) is 0 Å². The Morgan fingerprint density at radius 3 is 2.71 bits per heavy atom.